The van der Waals surface area contributed by atoms with E-state index in [-0.39, 0.29) is 5.91 Å². The number of rotatable bonds is 6. The van der Waals surface area contributed by atoms with Crippen LogP contribution in [0.15, 0.2) is 79.1 Å². The molecule has 4 aromatic rings. The van der Waals surface area contributed by atoms with Crippen LogP contribution in [0.25, 0.3) is 5.65 Å². The van der Waals surface area contributed by atoms with E-state index in [2.05, 4.69) is 15.6 Å². The van der Waals surface area contributed by atoms with Gasteiger partial charge in [-0.05, 0) is 48.7 Å². The van der Waals surface area contributed by atoms with Gasteiger partial charge in [-0.1, -0.05) is 48.5 Å². The van der Waals surface area contributed by atoms with E-state index < -0.39 is 6.04 Å². The first-order valence-electron chi connectivity index (χ1n) is 9.69. The monoisotopic (exact) mass is 384 g/mol. The minimum Gasteiger partial charge on any atom is -0.324 e. The van der Waals surface area contributed by atoms with Gasteiger partial charge < -0.3 is 9.72 Å². The van der Waals surface area contributed by atoms with Crippen LogP contribution in [-0.2, 0) is 11.3 Å². The van der Waals surface area contributed by atoms with Gasteiger partial charge in [0.05, 0.1) is 5.69 Å². The van der Waals surface area contributed by atoms with Crippen molar-refractivity contribution in [2.24, 2.45) is 0 Å². The SMILES string of the molecule is Cc1ccc(C)c(NC(=O)[C@@H](NCc2cn3ccccc3n2)c2ccccc2)c1. The largest absolute Gasteiger partial charge is 0.324 e. The lowest BCUT2D eigenvalue weighted by atomic mass is 10.0. The lowest BCUT2D eigenvalue weighted by molar-refractivity contribution is -0.118. The van der Waals surface area contributed by atoms with Gasteiger partial charge >= 0.3 is 0 Å². The van der Waals surface area contributed by atoms with Crippen LogP contribution < -0.4 is 10.6 Å². The van der Waals surface area contributed by atoms with Crippen LogP contribution in [0.2, 0.25) is 0 Å². The number of amides is 1. The van der Waals surface area contributed by atoms with E-state index in [0.717, 1.165) is 33.7 Å². The third kappa shape index (κ3) is 4.36. The Bertz CT molecular complexity index is 1100. The van der Waals surface area contributed by atoms with Crippen molar-refractivity contribution in [3.8, 4) is 0 Å². The molecule has 2 aromatic heterocycles. The summed E-state index contributed by atoms with van der Waals surface area (Å²) >= 11 is 0. The molecule has 0 saturated carbocycles. The lowest BCUT2D eigenvalue weighted by Crippen LogP contribution is -2.33. The molecule has 0 aliphatic heterocycles. The Balaban J connectivity index is 1.56. The Hall–Kier alpha value is -3.44. The summed E-state index contributed by atoms with van der Waals surface area (Å²) in [5.74, 6) is -0.0892. The molecule has 5 nitrogen and oxygen atoms in total. The highest BCUT2D eigenvalue weighted by Gasteiger charge is 2.21. The van der Waals surface area contributed by atoms with Crippen LogP contribution in [0.1, 0.15) is 28.4 Å². The molecule has 0 spiro atoms. The van der Waals surface area contributed by atoms with Crippen LogP contribution in [-0.4, -0.2) is 15.3 Å². The van der Waals surface area contributed by atoms with Crippen LogP contribution in [0.3, 0.4) is 0 Å². The van der Waals surface area contributed by atoms with Crippen molar-refractivity contribution in [2.45, 2.75) is 26.4 Å². The highest BCUT2D eigenvalue weighted by molar-refractivity contribution is 5.96. The van der Waals surface area contributed by atoms with Gasteiger partial charge in [-0.25, -0.2) is 4.98 Å². The zero-order chi connectivity index (χ0) is 20.2. The Morgan fingerprint density at radius 3 is 2.62 bits per heavy atom. The first-order chi connectivity index (χ1) is 14.1. The number of fused-ring (bicyclic) bond motifs is 1. The fourth-order valence-electron chi connectivity index (χ4n) is 3.36. The molecule has 0 aliphatic rings. The van der Waals surface area contributed by atoms with Gasteiger partial charge in [-0.15, -0.1) is 0 Å². The summed E-state index contributed by atoms with van der Waals surface area (Å²) in [6.07, 6.45) is 3.95. The molecule has 0 radical (unpaired) electrons. The molecular weight excluding hydrogens is 360 g/mol. The van der Waals surface area contributed by atoms with Crippen molar-refractivity contribution in [3.63, 3.8) is 0 Å². The smallest absolute Gasteiger partial charge is 0.246 e. The van der Waals surface area contributed by atoms with E-state index in [1.807, 2.05) is 97.4 Å². The van der Waals surface area contributed by atoms with Crippen molar-refractivity contribution < 1.29 is 4.79 Å². The predicted octanol–water partition coefficient (Wildman–Crippen LogP) is 4.42. The molecule has 0 unspecified atom stereocenters. The van der Waals surface area contributed by atoms with E-state index in [9.17, 15) is 4.79 Å². The minimum absolute atomic E-state index is 0.0892. The summed E-state index contributed by atoms with van der Waals surface area (Å²) in [5, 5.41) is 6.46. The average Bonchev–Trinajstić information content (AvgIpc) is 3.14. The predicted molar refractivity (Wildman–Crippen MR) is 116 cm³/mol. The molecule has 0 saturated heterocycles. The number of imidazole rings is 1. The summed E-state index contributed by atoms with van der Waals surface area (Å²) in [5.41, 5.74) is 5.68. The number of hydrogen-bond acceptors (Lipinski definition) is 3. The van der Waals surface area contributed by atoms with Gasteiger partial charge in [0.15, 0.2) is 0 Å². The van der Waals surface area contributed by atoms with Crippen LogP contribution in [0.4, 0.5) is 5.69 Å². The van der Waals surface area contributed by atoms with Gasteiger partial charge in [0.1, 0.15) is 11.7 Å². The molecule has 29 heavy (non-hydrogen) atoms. The second kappa shape index (κ2) is 8.29. The number of benzene rings is 2. The number of carbonyl (C=O) groups excluding carboxylic acids is 1. The first-order valence-corrected chi connectivity index (χ1v) is 9.69. The highest BCUT2D eigenvalue weighted by Crippen LogP contribution is 2.20. The molecule has 0 aliphatic carbocycles. The van der Waals surface area contributed by atoms with Gasteiger partial charge in [-0.2, -0.15) is 0 Å². The van der Waals surface area contributed by atoms with Crippen LogP contribution in [0.5, 0.6) is 0 Å². The van der Waals surface area contributed by atoms with Gasteiger partial charge in [0.25, 0.3) is 0 Å². The summed E-state index contributed by atoms with van der Waals surface area (Å²) in [4.78, 5) is 17.8. The first kappa shape index (κ1) is 18.9. The Morgan fingerprint density at radius 1 is 1.03 bits per heavy atom. The van der Waals surface area contributed by atoms with E-state index in [1.165, 1.54) is 0 Å². The van der Waals surface area contributed by atoms with Crippen molar-refractivity contribution in [3.05, 3.63) is 102 Å². The molecule has 1 atom stereocenters. The molecule has 146 valence electrons. The summed E-state index contributed by atoms with van der Waals surface area (Å²) < 4.78 is 1.98. The molecular formula is C24H24N4O. The fourth-order valence-corrected chi connectivity index (χ4v) is 3.36. The zero-order valence-electron chi connectivity index (χ0n) is 16.6. The second-order valence-electron chi connectivity index (χ2n) is 7.23. The maximum Gasteiger partial charge on any atom is 0.246 e. The molecule has 0 fully saturated rings. The normalized spacial score (nSPS) is 12.1. The van der Waals surface area contributed by atoms with E-state index in [4.69, 9.17) is 0 Å². The quantitative estimate of drug-likeness (QED) is 0.517. The topological polar surface area (TPSA) is 58.4 Å². The summed E-state index contributed by atoms with van der Waals surface area (Å²) in [6, 6.07) is 21.2. The number of nitrogens with zero attached hydrogens (tertiary/aromatic N) is 2. The van der Waals surface area contributed by atoms with Gasteiger partial charge in [0.2, 0.25) is 5.91 Å². The average molecular weight is 384 g/mol. The Kier molecular flexibility index (Phi) is 5.40. The fraction of sp³-hybridized carbons (Fsp3) is 0.167. The molecule has 0 bridgehead atoms. The van der Waals surface area contributed by atoms with E-state index >= 15 is 0 Å². The van der Waals surface area contributed by atoms with Gasteiger partial charge in [0, 0.05) is 24.6 Å². The Labute approximate surface area is 170 Å². The van der Waals surface area contributed by atoms with Crippen molar-refractivity contribution in [2.75, 3.05) is 5.32 Å². The molecule has 4 rings (SSSR count). The summed E-state index contributed by atoms with van der Waals surface area (Å²) in [6.45, 7) is 4.50. The van der Waals surface area contributed by atoms with Crippen molar-refractivity contribution in [1.29, 1.82) is 0 Å². The van der Waals surface area contributed by atoms with Gasteiger partial charge in [-0.3, -0.25) is 10.1 Å². The third-order valence-corrected chi connectivity index (χ3v) is 4.95. The number of carbonyl (C=O) groups is 1. The van der Waals surface area contributed by atoms with Crippen molar-refractivity contribution in [1.82, 2.24) is 14.7 Å². The number of anilines is 1. The number of pyridine rings is 1. The molecule has 5 heteroatoms. The third-order valence-electron chi connectivity index (χ3n) is 4.95. The van der Waals surface area contributed by atoms with Crippen molar-refractivity contribution >= 4 is 17.2 Å². The number of hydrogen-bond donors (Lipinski definition) is 2. The minimum atomic E-state index is -0.485. The zero-order valence-corrected chi connectivity index (χ0v) is 16.6. The maximum atomic E-state index is 13.2. The standard InChI is InChI=1S/C24H24N4O/c1-17-11-12-18(2)21(14-17)27-24(29)23(19-8-4-3-5-9-19)25-15-20-16-28-13-7-6-10-22(28)26-20/h3-14,16,23,25H,15H2,1-2H3,(H,27,29)/t23-/m0/s1. The Morgan fingerprint density at radius 2 is 1.83 bits per heavy atom. The number of aromatic nitrogens is 2. The molecule has 2 aromatic carbocycles. The van der Waals surface area contributed by atoms with E-state index in [0.29, 0.717) is 6.54 Å². The molecule has 2 heterocycles. The number of nitrogens with one attached hydrogen (secondary N) is 2. The lowest BCUT2D eigenvalue weighted by Gasteiger charge is -2.19. The van der Waals surface area contributed by atoms with Crippen LogP contribution in [0, 0.1) is 13.8 Å². The maximum absolute atomic E-state index is 13.2. The van der Waals surface area contributed by atoms with Crippen LogP contribution >= 0.6 is 0 Å². The summed E-state index contributed by atoms with van der Waals surface area (Å²) in [7, 11) is 0. The second-order valence-corrected chi connectivity index (χ2v) is 7.23. The molecule has 2 N–H and O–H groups in total. The number of aryl methyl sites for hydroxylation is 2. The highest BCUT2D eigenvalue weighted by atomic mass is 16.2. The van der Waals surface area contributed by atoms with E-state index in [1.54, 1.807) is 0 Å². The molecule has 1 amide bonds.